The van der Waals surface area contributed by atoms with Crippen LogP contribution in [0.2, 0.25) is 5.02 Å². The Labute approximate surface area is 317 Å². The van der Waals surface area contributed by atoms with Crippen LogP contribution in [0.5, 0.6) is 5.75 Å². The zero-order valence-corrected chi connectivity index (χ0v) is 31.6. The average Bonchev–Trinajstić information content (AvgIpc) is 3.62. The number of likely N-dealkylation sites (N-methyl/N-ethyl adjacent to an activating group) is 1. The predicted octanol–water partition coefficient (Wildman–Crippen LogP) is -0.926. The van der Waals surface area contributed by atoms with E-state index in [9.17, 15) is 39.0 Å². The Morgan fingerprint density at radius 1 is 0.759 bits per heavy atom. The van der Waals surface area contributed by atoms with Gasteiger partial charge < -0.3 is 30.6 Å². The summed E-state index contributed by atoms with van der Waals surface area (Å²) in [7, 11) is 1.48. The lowest BCUT2D eigenvalue weighted by molar-refractivity contribution is -0.165. The van der Waals surface area contributed by atoms with Crippen LogP contribution in [0.3, 0.4) is 0 Å². The lowest BCUT2D eigenvalue weighted by Gasteiger charge is -2.45. The first-order chi connectivity index (χ1) is 25.6. The molecule has 7 N–H and O–H groups in total. The fourth-order valence-corrected chi connectivity index (χ4v) is 8.85. The number of hydrogen-bond acceptors (Lipinski definition) is 12. The molecule has 19 heteroatoms. The minimum absolute atomic E-state index is 0.0135. The van der Waals surface area contributed by atoms with E-state index in [1.165, 1.54) is 44.0 Å². The summed E-state index contributed by atoms with van der Waals surface area (Å²) in [6.45, 7) is 6.21. The van der Waals surface area contributed by atoms with Gasteiger partial charge in [-0.05, 0) is 63.5 Å². The van der Waals surface area contributed by atoms with Gasteiger partial charge in [-0.25, -0.2) is 16.3 Å². The quantitative estimate of drug-likeness (QED) is 0.172. The van der Waals surface area contributed by atoms with E-state index in [0.29, 0.717) is 57.4 Å². The molecule has 8 atom stereocenters. The van der Waals surface area contributed by atoms with E-state index < -0.39 is 89.4 Å². The molecule has 6 amide bonds. The Kier molecular flexibility index (Phi) is 10.2. The molecule has 6 heterocycles. The third kappa shape index (κ3) is 6.20. The van der Waals surface area contributed by atoms with Crippen LogP contribution >= 0.6 is 11.6 Å². The van der Waals surface area contributed by atoms with E-state index in [-0.39, 0.29) is 29.2 Å². The molecule has 5 saturated heterocycles. The number of hydrogen-bond donors (Lipinski definition) is 7. The third-order valence-electron chi connectivity index (χ3n) is 11.8. The van der Waals surface area contributed by atoms with Crippen LogP contribution in [0.15, 0.2) is 12.1 Å². The van der Waals surface area contributed by atoms with Gasteiger partial charge in [0.1, 0.15) is 53.8 Å². The molecule has 0 spiro atoms. The number of rotatable bonds is 1. The second kappa shape index (κ2) is 14.4. The highest BCUT2D eigenvalue weighted by atomic mass is 35.5. The maximum Gasteiger partial charge on any atom is 0.261 e. The molecule has 6 aliphatic heterocycles. The fraction of sp³-hybridized carbons (Fsp3) is 0.657. The molecule has 5 fully saturated rings. The van der Waals surface area contributed by atoms with Crippen molar-refractivity contribution in [1.82, 2.24) is 46.4 Å². The molecule has 0 aromatic heterocycles. The lowest BCUT2D eigenvalue weighted by atomic mass is 9.90. The zero-order valence-electron chi connectivity index (χ0n) is 30.8. The minimum Gasteiger partial charge on any atom is -0.506 e. The van der Waals surface area contributed by atoms with E-state index in [2.05, 4.69) is 26.9 Å². The van der Waals surface area contributed by atoms with Crippen LogP contribution in [-0.4, -0.2) is 140 Å². The molecule has 0 aliphatic carbocycles. The summed E-state index contributed by atoms with van der Waals surface area (Å²) < 4.78 is 0. The maximum atomic E-state index is 14.9. The van der Waals surface area contributed by atoms with Crippen molar-refractivity contribution < 1.29 is 39.0 Å². The van der Waals surface area contributed by atoms with Gasteiger partial charge in [-0.1, -0.05) is 25.4 Å². The standard InChI is InChI=1S/C35H49ClN10O8/c1-17(2)27-33(53)46-24(10-7-13-39-46)32(52)45-22(8-5-12-38-45)30(50)42(4)18(3)29(49)44-23(9-6-11-37-44)31(51)43-25(28(48)41-27)16-35(54)19-14-26(47)20(36)15-21(19)40-34(35)43/h14-15,17-18,22-25,27,34,37-40,47,54H,5-13,16H2,1-4H3,(H,41,48)/t18-,22-,23+,24+,25+,27-,34-,35+/m0/s1. The van der Waals surface area contributed by atoms with Crippen LogP contribution in [-0.2, 0) is 34.4 Å². The molecule has 294 valence electrons. The number of nitrogens with one attached hydrogen (secondary N) is 5. The van der Waals surface area contributed by atoms with Gasteiger partial charge in [-0.15, -0.1) is 0 Å². The number of amides is 6. The van der Waals surface area contributed by atoms with Crippen molar-refractivity contribution in [3.05, 3.63) is 22.7 Å². The molecular weight excluding hydrogens is 724 g/mol. The van der Waals surface area contributed by atoms with Crippen molar-refractivity contribution >= 4 is 52.7 Å². The third-order valence-corrected chi connectivity index (χ3v) is 12.1. The number of phenolic OH excluding ortho intramolecular Hbond substituents is 1. The molecule has 0 bridgehead atoms. The molecule has 0 unspecified atom stereocenters. The van der Waals surface area contributed by atoms with Gasteiger partial charge in [0.2, 0.25) is 17.7 Å². The van der Waals surface area contributed by atoms with Crippen LogP contribution in [0.25, 0.3) is 0 Å². The van der Waals surface area contributed by atoms with Crippen LogP contribution in [0, 0.1) is 5.92 Å². The van der Waals surface area contributed by atoms with Crippen molar-refractivity contribution in [2.45, 2.75) is 114 Å². The minimum atomic E-state index is -1.88. The Morgan fingerprint density at radius 3 is 1.89 bits per heavy atom. The van der Waals surface area contributed by atoms with Crippen molar-refractivity contribution in [3.8, 4) is 5.75 Å². The molecule has 18 nitrogen and oxygen atoms in total. The van der Waals surface area contributed by atoms with Crippen LogP contribution < -0.4 is 26.9 Å². The second-order valence-electron chi connectivity index (χ2n) is 15.5. The Hall–Kier alpha value is -4.23. The number of benzene rings is 1. The van der Waals surface area contributed by atoms with Crippen molar-refractivity contribution in [2.75, 3.05) is 32.0 Å². The number of hydrazine groups is 3. The normalized spacial score (nSPS) is 34.0. The number of carbonyl (C=O) groups is 6. The highest BCUT2D eigenvalue weighted by Gasteiger charge is 2.62. The Morgan fingerprint density at radius 2 is 1.30 bits per heavy atom. The summed E-state index contributed by atoms with van der Waals surface area (Å²) in [4.78, 5) is 89.2. The number of aliphatic hydroxyl groups is 1. The molecule has 7 rings (SSSR count). The molecule has 54 heavy (non-hydrogen) atoms. The number of anilines is 1. The summed E-state index contributed by atoms with van der Waals surface area (Å²) >= 11 is 6.21. The van der Waals surface area contributed by atoms with Crippen LogP contribution in [0.4, 0.5) is 5.69 Å². The van der Waals surface area contributed by atoms with E-state index >= 15 is 0 Å². The number of nitrogens with zero attached hydrogens (tertiary/aromatic N) is 5. The first kappa shape index (κ1) is 38.1. The fourth-order valence-electron chi connectivity index (χ4n) is 8.68. The number of phenols is 1. The number of carbonyl (C=O) groups excluding carboxylic acids is 6. The first-order valence-electron chi connectivity index (χ1n) is 18.8. The highest BCUT2D eigenvalue weighted by Crippen LogP contribution is 2.52. The van der Waals surface area contributed by atoms with Gasteiger partial charge in [-0.3, -0.25) is 43.8 Å². The monoisotopic (exact) mass is 772 g/mol. The SMILES string of the molecule is CC(C)[C@@H]1NC(=O)[C@H]2C[C@@]3(O)c4cc(O)c(Cl)cc4N[C@H]3N2C(=O)[C@H]2CCCNN2C(=O)[C@H](C)N(C)C(=O)[C@@H]2CCCNN2C(=O)[C@H]2CCCNN2C1=O. The molecule has 1 aromatic rings. The van der Waals surface area contributed by atoms with E-state index in [0.717, 1.165) is 0 Å². The van der Waals surface area contributed by atoms with Gasteiger partial charge in [0, 0.05) is 44.4 Å². The Balaban J connectivity index is 1.33. The van der Waals surface area contributed by atoms with Crippen molar-refractivity contribution in [2.24, 2.45) is 5.92 Å². The van der Waals surface area contributed by atoms with E-state index in [4.69, 9.17) is 11.6 Å². The van der Waals surface area contributed by atoms with Gasteiger partial charge in [-0.2, -0.15) is 0 Å². The lowest BCUT2D eigenvalue weighted by Crippen LogP contribution is -2.69. The summed E-state index contributed by atoms with van der Waals surface area (Å²) in [6, 6.07) is -4.00. The molecule has 6 aliphatic rings. The van der Waals surface area contributed by atoms with E-state index in [1.807, 2.05) is 0 Å². The summed E-state index contributed by atoms with van der Waals surface area (Å²) in [5, 5.41) is 32.6. The number of aromatic hydroxyl groups is 1. The molecular formula is C35H49ClN10O8. The van der Waals surface area contributed by atoms with Gasteiger partial charge >= 0.3 is 0 Å². The van der Waals surface area contributed by atoms with E-state index in [1.54, 1.807) is 20.8 Å². The summed E-state index contributed by atoms with van der Waals surface area (Å²) in [5.41, 5.74) is 7.84. The summed E-state index contributed by atoms with van der Waals surface area (Å²) in [5.74, 6) is -4.28. The van der Waals surface area contributed by atoms with Crippen LogP contribution in [0.1, 0.15) is 71.3 Å². The zero-order chi connectivity index (χ0) is 38.8. The predicted molar refractivity (Wildman–Crippen MR) is 192 cm³/mol. The second-order valence-corrected chi connectivity index (χ2v) is 15.9. The van der Waals surface area contributed by atoms with Crippen molar-refractivity contribution in [1.29, 1.82) is 0 Å². The van der Waals surface area contributed by atoms with Gasteiger partial charge in [0.15, 0.2) is 0 Å². The van der Waals surface area contributed by atoms with Crippen molar-refractivity contribution in [3.63, 3.8) is 0 Å². The Bertz CT molecular complexity index is 1750. The number of fused-ring (bicyclic) bond motifs is 8. The van der Waals surface area contributed by atoms with Gasteiger partial charge in [0.05, 0.1) is 5.02 Å². The largest absolute Gasteiger partial charge is 0.506 e. The molecule has 0 saturated carbocycles. The first-order valence-corrected chi connectivity index (χ1v) is 19.1. The maximum absolute atomic E-state index is 14.9. The highest BCUT2D eigenvalue weighted by molar-refractivity contribution is 6.32. The average molecular weight is 773 g/mol. The molecule has 0 radical (unpaired) electrons. The smallest absolute Gasteiger partial charge is 0.261 e. The van der Waals surface area contributed by atoms with Gasteiger partial charge in [0.25, 0.3) is 17.7 Å². The summed E-state index contributed by atoms with van der Waals surface area (Å²) in [6.07, 6.45) is 0.941. The topological polar surface area (TPSA) is 219 Å². The number of halogens is 1. The molecule has 1 aromatic carbocycles.